The summed E-state index contributed by atoms with van der Waals surface area (Å²) < 4.78 is 5.56. The molecule has 2 aromatic rings. The van der Waals surface area contributed by atoms with Crippen LogP contribution in [0.1, 0.15) is 63.6 Å². The van der Waals surface area contributed by atoms with Crippen molar-refractivity contribution in [1.82, 2.24) is 9.80 Å². The zero-order chi connectivity index (χ0) is 26.1. The molecule has 3 aliphatic rings. The highest BCUT2D eigenvalue weighted by molar-refractivity contribution is 6.21. The summed E-state index contributed by atoms with van der Waals surface area (Å²) in [4.78, 5) is 55.0. The van der Waals surface area contributed by atoms with Gasteiger partial charge in [-0.2, -0.15) is 0 Å². The molecule has 0 saturated heterocycles. The third-order valence-electron chi connectivity index (χ3n) is 7.75. The number of rotatable bonds is 7. The van der Waals surface area contributed by atoms with Gasteiger partial charge < -0.3 is 19.8 Å². The Kier molecular flexibility index (Phi) is 6.97. The molecule has 3 atom stereocenters. The first-order valence-electron chi connectivity index (χ1n) is 12.8. The number of fused-ring (bicyclic) bond motifs is 2. The number of carboxylic acid groups (broad SMARTS) is 1. The van der Waals surface area contributed by atoms with Crippen LogP contribution in [0.3, 0.4) is 0 Å². The fourth-order valence-corrected chi connectivity index (χ4v) is 5.92. The lowest BCUT2D eigenvalue weighted by Gasteiger charge is -2.42. The summed E-state index contributed by atoms with van der Waals surface area (Å²) in [6.45, 7) is 0.354. The molecule has 2 N–H and O–H groups in total. The quantitative estimate of drug-likeness (QED) is 0.553. The molecule has 194 valence electrons. The van der Waals surface area contributed by atoms with Gasteiger partial charge in [0, 0.05) is 6.54 Å². The van der Waals surface area contributed by atoms with Gasteiger partial charge in [-0.25, -0.2) is 0 Å². The zero-order valence-electron chi connectivity index (χ0n) is 20.5. The summed E-state index contributed by atoms with van der Waals surface area (Å²) in [6.07, 6.45) is 3.07. The van der Waals surface area contributed by atoms with Gasteiger partial charge in [-0.15, -0.1) is 0 Å². The topological polar surface area (TPSA) is 124 Å². The molecule has 0 unspecified atom stereocenters. The van der Waals surface area contributed by atoms with Gasteiger partial charge in [0.2, 0.25) is 5.91 Å². The number of imide groups is 1. The number of carboxylic acids is 1. The van der Waals surface area contributed by atoms with Crippen molar-refractivity contribution in [2.45, 2.75) is 38.1 Å². The Hall–Kier alpha value is -3.72. The smallest absolute Gasteiger partial charge is 0.307 e. The van der Waals surface area contributed by atoms with Gasteiger partial charge in [0.25, 0.3) is 11.8 Å². The van der Waals surface area contributed by atoms with Crippen LogP contribution in [-0.2, 0) is 16.0 Å². The largest absolute Gasteiger partial charge is 0.491 e. The van der Waals surface area contributed by atoms with E-state index in [4.69, 9.17) is 9.84 Å². The van der Waals surface area contributed by atoms with Crippen LogP contribution >= 0.6 is 0 Å². The first kappa shape index (κ1) is 25.0. The number of aliphatic hydroxyl groups excluding tert-OH is 1. The summed E-state index contributed by atoms with van der Waals surface area (Å²) in [5.41, 5.74) is 2.41. The Balaban J connectivity index is 1.49. The lowest BCUT2D eigenvalue weighted by atomic mass is 9.77. The fraction of sp³-hybridized carbons (Fsp3) is 0.429. The molecule has 3 amide bonds. The van der Waals surface area contributed by atoms with Crippen LogP contribution in [-0.4, -0.2) is 70.0 Å². The van der Waals surface area contributed by atoms with Gasteiger partial charge >= 0.3 is 5.97 Å². The summed E-state index contributed by atoms with van der Waals surface area (Å²) in [5.74, 6) is -2.78. The molecule has 0 spiro atoms. The molecule has 9 heteroatoms. The second-order valence-electron chi connectivity index (χ2n) is 9.83. The number of aliphatic hydroxyl groups is 1. The van der Waals surface area contributed by atoms with Crippen molar-refractivity contribution in [2.24, 2.45) is 11.8 Å². The molecule has 37 heavy (non-hydrogen) atoms. The minimum absolute atomic E-state index is 0.0214. The Morgan fingerprint density at radius 3 is 2.30 bits per heavy atom. The molecule has 1 saturated carbocycles. The molecule has 0 bridgehead atoms. The molecule has 1 fully saturated rings. The van der Waals surface area contributed by atoms with E-state index in [0.29, 0.717) is 42.7 Å². The van der Waals surface area contributed by atoms with Crippen LogP contribution in [0.5, 0.6) is 5.75 Å². The molecule has 9 nitrogen and oxygen atoms in total. The standard InChI is InChI=1S/C28H30N2O7/c31-13-14-37-18-9-10-19-17(15-18)11-12-29(25(32)22-7-3-4-8-23(22)28(35)36)24(19)16-30-26(33)20-5-1-2-6-21(20)27(30)34/h1-2,5-6,9-10,15,22-24,31H,3-4,7-8,11-14,16H2,(H,35,36)/t22-,23+,24-/m1/s1. The zero-order valence-corrected chi connectivity index (χ0v) is 20.5. The van der Waals surface area contributed by atoms with E-state index in [0.717, 1.165) is 24.0 Å². The van der Waals surface area contributed by atoms with Gasteiger partial charge in [-0.1, -0.05) is 31.0 Å². The van der Waals surface area contributed by atoms with Crippen molar-refractivity contribution >= 4 is 23.7 Å². The molecular formula is C28H30N2O7. The summed E-state index contributed by atoms with van der Waals surface area (Å²) >= 11 is 0. The number of hydrogen-bond donors (Lipinski definition) is 2. The third-order valence-corrected chi connectivity index (χ3v) is 7.75. The molecule has 0 radical (unpaired) electrons. The number of benzene rings is 2. The van der Waals surface area contributed by atoms with Crippen LogP contribution < -0.4 is 4.74 Å². The Bertz CT molecular complexity index is 1210. The van der Waals surface area contributed by atoms with Gasteiger partial charge in [0.1, 0.15) is 12.4 Å². The predicted octanol–water partition coefficient (Wildman–Crippen LogP) is 2.67. The Labute approximate surface area is 214 Å². The van der Waals surface area contributed by atoms with Crippen molar-refractivity contribution in [2.75, 3.05) is 26.3 Å². The van der Waals surface area contributed by atoms with Gasteiger partial charge in [-0.05, 0) is 54.7 Å². The summed E-state index contributed by atoms with van der Waals surface area (Å²) in [7, 11) is 0. The van der Waals surface area contributed by atoms with Crippen molar-refractivity contribution in [3.8, 4) is 5.75 Å². The molecule has 2 aliphatic heterocycles. The highest BCUT2D eigenvalue weighted by atomic mass is 16.5. The first-order valence-corrected chi connectivity index (χ1v) is 12.8. The predicted molar refractivity (Wildman–Crippen MR) is 132 cm³/mol. The van der Waals surface area contributed by atoms with Crippen LogP contribution in [0.15, 0.2) is 42.5 Å². The molecule has 0 aromatic heterocycles. The fourth-order valence-electron chi connectivity index (χ4n) is 5.92. The van der Waals surface area contributed by atoms with Crippen LogP contribution in [0.2, 0.25) is 0 Å². The van der Waals surface area contributed by atoms with Crippen molar-refractivity contribution < 1.29 is 34.1 Å². The van der Waals surface area contributed by atoms with Crippen LogP contribution in [0.25, 0.3) is 0 Å². The van der Waals surface area contributed by atoms with Gasteiger partial charge in [-0.3, -0.25) is 24.1 Å². The summed E-state index contributed by atoms with van der Waals surface area (Å²) in [5, 5.41) is 18.9. The Morgan fingerprint density at radius 2 is 1.65 bits per heavy atom. The van der Waals surface area contributed by atoms with E-state index < -0.39 is 35.7 Å². The molecular weight excluding hydrogens is 476 g/mol. The SMILES string of the molecule is O=C(O)[C@H]1CCCC[C@H]1C(=O)N1CCc2cc(OCCO)ccc2[C@H]1CN1C(=O)c2ccccc2C1=O. The maximum absolute atomic E-state index is 13.9. The third kappa shape index (κ3) is 4.59. The number of amides is 3. The van der Waals surface area contributed by atoms with E-state index >= 15 is 0 Å². The van der Waals surface area contributed by atoms with E-state index in [-0.39, 0.29) is 25.7 Å². The highest BCUT2D eigenvalue weighted by Crippen LogP contribution is 2.39. The van der Waals surface area contributed by atoms with Gasteiger partial charge in [0.05, 0.1) is 42.2 Å². The van der Waals surface area contributed by atoms with E-state index in [1.807, 2.05) is 12.1 Å². The monoisotopic (exact) mass is 506 g/mol. The number of nitrogens with zero attached hydrogens (tertiary/aromatic N) is 2. The highest BCUT2D eigenvalue weighted by Gasteiger charge is 2.44. The summed E-state index contributed by atoms with van der Waals surface area (Å²) in [6, 6.07) is 11.5. The van der Waals surface area contributed by atoms with Gasteiger partial charge in [0.15, 0.2) is 0 Å². The Morgan fingerprint density at radius 1 is 0.973 bits per heavy atom. The van der Waals surface area contributed by atoms with Crippen molar-refractivity contribution in [1.29, 1.82) is 0 Å². The first-order chi connectivity index (χ1) is 17.9. The molecule has 2 heterocycles. The van der Waals surface area contributed by atoms with Crippen LogP contribution in [0, 0.1) is 11.8 Å². The van der Waals surface area contributed by atoms with E-state index in [1.54, 1.807) is 35.2 Å². The molecule has 1 aliphatic carbocycles. The second kappa shape index (κ2) is 10.3. The normalized spacial score (nSPS) is 23.0. The van der Waals surface area contributed by atoms with Crippen molar-refractivity contribution in [3.63, 3.8) is 0 Å². The number of carbonyl (C=O) groups is 4. The lowest BCUT2D eigenvalue weighted by molar-refractivity contribution is -0.153. The lowest BCUT2D eigenvalue weighted by Crippen LogP contribution is -2.50. The second-order valence-corrected chi connectivity index (χ2v) is 9.83. The van der Waals surface area contributed by atoms with Crippen molar-refractivity contribution in [3.05, 3.63) is 64.7 Å². The van der Waals surface area contributed by atoms with E-state index in [9.17, 15) is 24.3 Å². The maximum atomic E-state index is 13.9. The maximum Gasteiger partial charge on any atom is 0.307 e. The average Bonchev–Trinajstić information content (AvgIpc) is 3.16. The minimum Gasteiger partial charge on any atom is -0.491 e. The average molecular weight is 507 g/mol. The van der Waals surface area contributed by atoms with Crippen LogP contribution in [0.4, 0.5) is 0 Å². The number of ether oxygens (including phenoxy) is 1. The number of carbonyl (C=O) groups excluding carboxylic acids is 3. The molecule has 2 aromatic carbocycles. The number of aliphatic carboxylic acids is 1. The molecule has 5 rings (SSSR count). The van der Waals surface area contributed by atoms with E-state index in [2.05, 4.69) is 0 Å². The van der Waals surface area contributed by atoms with E-state index in [1.165, 1.54) is 4.90 Å². The minimum atomic E-state index is -0.960. The number of hydrogen-bond acceptors (Lipinski definition) is 6.